The first-order valence-electron chi connectivity index (χ1n) is 4.84. The van der Waals surface area contributed by atoms with E-state index in [1.54, 1.807) is 18.2 Å². The van der Waals surface area contributed by atoms with Crippen molar-refractivity contribution < 1.29 is 4.74 Å². The largest absolute Gasteiger partial charge is 0.454 e. The van der Waals surface area contributed by atoms with Crippen molar-refractivity contribution in [2.75, 3.05) is 0 Å². The van der Waals surface area contributed by atoms with Crippen LogP contribution in [-0.2, 0) is 6.54 Å². The number of halogens is 1. The summed E-state index contributed by atoms with van der Waals surface area (Å²) >= 11 is 5.86. The summed E-state index contributed by atoms with van der Waals surface area (Å²) in [6.07, 6.45) is 1.52. The van der Waals surface area contributed by atoms with Gasteiger partial charge in [-0.1, -0.05) is 11.6 Å². The molecule has 0 aliphatic carbocycles. The van der Waals surface area contributed by atoms with Crippen molar-refractivity contribution in [3.8, 4) is 17.6 Å². The van der Waals surface area contributed by atoms with Crippen molar-refractivity contribution in [2.24, 2.45) is 5.73 Å². The fourth-order valence-electron chi connectivity index (χ4n) is 1.35. The van der Waals surface area contributed by atoms with Crippen LogP contribution in [0.4, 0.5) is 0 Å². The Balaban J connectivity index is 2.30. The molecule has 0 unspecified atom stereocenters. The van der Waals surface area contributed by atoms with E-state index in [1.807, 2.05) is 6.07 Å². The average Bonchev–Trinajstić information content (AvgIpc) is 2.75. The molecular formula is C11H9ClN4O. The zero-order valence-electron chi connectivity index (χ0n) is 8.77. The van der Waals surface area contributed by atoms with Crippen molar-refractivity contribution in [2.45, 2.75) is 6.54 Å². The third-order valence-electron chi connectivity index (χ3n) is 2.11. The fourth-order valence-corrected chi connectivity index (χ4v) is 1.57. The lowest BCUT2D eigenvalue weighted by molar-refractivity contribution is 0.476. The smallest absolute Gasteiger partial charge is 0.169 e. The van der Waals surface area contributed by atoms with E-state index < -0.39 is 0 Å². The highest BCUT2D eigenvalue weighted by Crippen LogP contribution is 2.27. The number of hydrogen-bond acceptors (Lipinski definition) is 4. The Hall–Kier alpha value is -2.03. The Morgan fingerprint density at radius 2 is 2.29 bits per heavy atom. The molecule has 2 aromatic rings. The van der Waals surface area contributed by atoms with E-state index in [2.05, 4.69) is 10.2 Å². The van der Waals surface area contributed by atoms with Crippen molar-refractivity contribution in [1.29, 1.82) is 5.26 Å². The number of nitrogens with zero attached hydrogens (tertiary/aromatic N) is 2. The summed E-state index contributed by atoms with van der Waals surface area (Å²) in [4.78, 5) is 0. The van der Waals surface area contributed by atoms with E-state index in [9.17, 15) is 0 Å². The molecule has 0 fully saturated rings. The average molecular weight is 249 g/mol. The highest BCUT2D eigenvalue weighted by molar-refractivity contribution is 6.30. The zero-order valence-corrected chi connectivity index (χ0v) is 9.53. The second kappa shape index (κ2) is 4.87. The van der Waals surface area contributed by atoms with Crippen LogP contribution in [0.1, 0.15) is 11.3 Å². The number of hydrogen-bond donors (Lipinski definition) is 2. The molecule has 6 heteroatoms. The van der Waals surface area contributed by atoms with E-state index >= 15 is 0 Å². The van der Waals surface area contributed by atoms with Gasteiger partial charge in [-0.3, -0.25) is 5.10 Å². The summed E-state index contributed by atoms with van der Waals surface area (Å²) in [6, 6.07) is 6.78. The lowest BCUT2D eigenvalue weighted by atomic mass is 10.2. The minimum atomic E-state index is 0.293. The van der Waals surface area contributed by atoms with Crippen LogP contribution in [0, 0.1) is 11.3 Å². The van der Waals surface area contributed by atoms with Crippen molar-refractivity contribution in [1.82, 2.24) is 10.2 Å². The number of aromatic nitrogens is 2. The number of rotatable bonds is 3. The number of nitriles is 1. The molecule has 1 aromatic carbocycles. The minimum Gasteiger partial charge on any atom is -0.454 e. The fraction of sp³-hybridized carbons (Fsp3) is 0.0909. The monoisotopic (exact) mass is 248 g/mol. The first-order chi connectivity index (χ1) is 8.22. The van der Waals surface area contributed by atoms with E-state index in [4.69, 9.17) is 27.3 Å². The maximum Gasteiger partial charge on any atom is 0.169 e. The molecule has 0 aliphatic rings. The molecule has 0 saturated carbocycles. The SMILES string of the molecule is N#Cc1cc(Cl)cc(Oc2cn[nH]c2CN)c1. The Kier molecular flexibility index (Phi) is 3.28. The molecule has 0 amide bonds. The Bertz CT molecular complexity index is 573. The molecule has 86 valence electrons. The highest BCUT2D eigenvalue weighted by atomic mass is 35.5. The van der Waals surface area contributed by atoms with Crippen LogP contribution >= 0.6 is 11.6 Å². The summed E-state index contributed by atoms with van der Waals surface area (Å²) in [7, 11) is 0. The quantitative estimate of drug-likeness (QED) is 0.871. The van der Waals surface area contributed by atoms with Crippen LogP contribution in [-0.4, -0.2) is 10.2 Å². The van der Waals surface area contributed by atoms with Crippen LogP contribution < -0.4 is 10.5 Å². The second-order valence-electron chi connectivity index (χ2n) is 3.31. The van der Waals surface area contributed by atoms with Gasteiger partial charge in [-0.15, -0.1) is 0 Å². The van der Waals surface area contributed by atoms with Gasteiger partial charge in [0, 0.05) is 11.6 Å². The standard InChI is InChI=1S/C11H9ClN4O/c12-8-1-7(4-13)2-9(3-8)17-11-6-15-16-10(11)5-14/h1-3,6H,5,14H2,(H,15,16). The molecule has 0 saturated heterocycles. The topological polar surface area (TPSA) is 87.7 Å². The van der Waals surface area contributed by atoms with Crippen LogP contribution in [0.2, 0.25) is 5.02 Å². The van der Waals surface area contributed by atoms with Gasteiger partial charge in [0.05, 0.1) is 23.5 Å². The van der Waals surface area contributed by atoms with Gasteiger partial charge in [0.25, 0.3) is 0 Å². The highest BCUT2D eigenvalue weighted by Gasteiger charge is 2.07. The number of H-pyrrole nitrogens is 1. The first-order valence-corrected chi connectivity index (χ1v) is 5.21. The van der Waals surface area contributed by atoms with Gasteiger partial charge >= 0.3 is 0 Å². The summed E-state index contributed by atoms with van der Waals surface area (Å²) in [5.41, 5.74) is 6.62. The molecular weight excluding hydrogens is 240 g/mol. The van der Waals surface area contributed by atoms with Crippen molar-refractivity contribution in [3.63, 3.8) is 0 Å². The molecule has 0 spiro atoms. The third-order valence-corrected chi connectivity index (χ3v) is 2.33. The lowest BCUT2D eigenvalue weighted by Crippen LogP contribution is -1.98. The van der Waals surface area contributed by atoms with Crippen LogP contribution in [0.15, 0.2) is 24.4 Å². The normalized spacial score (nSPS) is 9.94. The van der Waals surface area contributed by atoms with Gasteiger partial charge in [0.1, 0.15) is 5.75 Å². The molecule has 1 aromatic heterocycles. The maximum absolute atomic E-state index is 8.81. The van der Waals surface area contributed by atoms with E-state index in [-0.39, 0.29) is 0 Å². The van der Waals surface area contributed by atoms with Gasteiger partial charge in [0.15, 0.2) is 5.75 Å². The molecule has 0 aliphatic heterocycles. The van der Waals surface area contributed by atoms with Gasteiger partial charge in [-0.2, -0.15) is 10.4 Å². The van der Waals surface area contributed by atoms with Crippen LogP contribution in [0.25, 0.3) is 0 Å². The summed E-state index contributed by atoms with van der Waals surface area (Å²) in [6.45, 7) is 0.293. The van der Waals surface area contributed by atoms with Gasteiger partial charge < -0.3 is 10.5 Å². The Labute approximate surface area is 103 Å². The minimum absolute atomic E-state index is 0.293. The van der Waals surface area contributed by atoms with E-state index in [0.717, 1.165) is 0 Å². The Morgan fingerprint density at radius 1 is 1.47 bits per heavy atom. The summed E-state index contributed by atoms with van der Waals surface area (Å²) in [5.74, 6) is 1.00. The van der Waals surface area contributed by atoms with Crippen molar-refractivity contribution >= 4 is 11.6 Å². The number of benzene rings is 1. The van der Waals surface area contributed by atoms with E-state index in [1.165, 1.54) is 6.20 Å². The van der Waals surface area contributed by atoms with Gasteiger partial charge in [-0.25, -0.2) is 0 Å². The molecule has 0 bridgehead atoms. The van der Waals surface area contributed by atoms with Gasteiger partial charge in [0.2, 0.25) is 0 Å². The molecule has 1 heterocycles. The predicted molar refractivity (Wildman–Crippen MR) is 62.7 cm³/mol. The van der Waals surface area contributed by atoms with Crippen molar-refractivity contribution in [3.05, 3.63) is 40.7 Å². The van der Waals surface area contributed by atoms with E-state index in [0.29, 0.717) is 34.3 Å². The molecule has 3 N–H and O–H groups in total. The van der Waals surface area contributed by atoms with Crippen LogP contribution in [0.5, 0.6) is 11.5 Å². The first kappa shape index (κ1) is 11.5. The second-order valence-corrected chi connectivity index (χ2v) is 3.74. The van der Waals surface area contributed by atoms with Crippen LogP contribution in [0.3, 0.4) is 0 Å². The molecule has 2 rings (SSSR count). The lowest BCUT2D eigenvalue weighted by Gasteiger charge is -2.05. The maximum atomic E-state index is 8.81. The molecule has 17 heavy (non-hydrogen) atoms. The molecule has 0 radical (unpaired) electrons. The number of aromatic amines is 1. The molecule has 0 atom stereocenters. The summed E-state index contributed by atoms with van der Waals surface area (Å²) < 4.78 is 5.55. The number of ether oxygens (including phenoxy) is 1. The predicted octanol–water partition coefficient (Wildman–Crippen LogP) is 2.19. The number of nitrogens with one attached hydrogen (secondary N) is 1. The van der Waals surface area contributed by atoms with Gasteiger partial charge in [-0.05, 0) is 18.2 Å². The number of nitrogens with two attached hydrogens (primary N) is 1. The Morgan fingerprint density at radius 3 is 3.00 bits per heavy atom. The third kappa shape index (κ3) is 2.56. The summed E-state index contributed by atoms with van der Waals surface area (Å²) in [5, 5.41) is 15.8. The zero-order chi connectivity index (χ0) is 12.3. The molecule has 5 nitrogen and oxygen atoms in total.